The molecule has 1 saturated carbocycles. The Morgan fingerprint density at radius 1 is 1.32 bits per heavy atom. The van der Waals surface area contributed by atoms with E-state index >= 15 is 0 Å². The van der Waals surface area contributed by atoms with Crippen LogP contribution in [0.2, 0.25) is 0 Å². The predicted molar refractivity (Wildman–Crippen MR) is 81.4 cm³/mol. The van der Waals surface area contributed by atoms with Crippen molar-refractivity contribution in [3.63, 3.8) is 0 Å². The number of carbonyl (C=O) groups excluding carboxylic acids is 1. The number of thiazole rings is 1. The van der Waals surface area contributed by atoms with Gasteiger partial charge in [-0.2, -0.15) is 0 Å². The van der Waals surface area contributed by atoms with Gasteiger partial charge in [0.25, 0.3) is 5.91 Å². The molecule has 0 aromatic carbocycles. The van der Waals surface area contributed by atoms with Crippen molar-refractivity contribution in [2.24, 2.45) is 5.73 Å². The lowest BCUT2D eigenvalue weighted by atomic mass is 9.83. The molecule has 1 aromatic heterocycles. The van der Waals surface area contributed by atoms with E-state index in [2.05, 4.69) is 10.3 Å². The molecule has 104 valence electrons. The molecule has 2 rings (SSSR count). The molecule has 0 bridgehead atoms. The molecule has 1 heterocycles. The lowest BCUT2D eigenvalue weighted by Gasteiger charge is -2.35. The van der Waals surface area contributed by atoms with Crippen LogP contribution in [-0.4, -0.2) is 21.4 Å². The first-order chi connectivity index (χ1) is 9.14. The third-order valence-electron chi connectivity index (χ3n) is 3.69. The Morgan fingerprint density at radius 3 is 2.47 bits per heavy atom. The molecular weight excluding hydrogens is 278 g/mol. The molecule has 19 heavy (non-hydrogen) atoms. The highest BCUT2D eigenvalue weighted by molar-refractivity contribution is 7.80. The van der Waals surface area contributed by atoms with Gasteiger partial charge in [0.05, 0.1) is 22.2 Å². The zero-order chi connectivity index (χ0) is 13.7. The summed E-state index contributed by atoms with van der Waals surface area (Å²) < 4.78 is 0. The highest BCUT2D eigenvalue weighted by Gasteiger charge is 2.35. The second-order valence-corrected chi connectivity index (χ2v) is 6.36. The second-order valence-electron chi connectivity index (χ2n) is 5.03. The molecule has 0 radical (unpaired) electrons. The van der Waals surface area contributed by atoms with Gasteiger partial charge in [0.15, 0.2) is 0 Å². The van der Waals surface area contributed by atoms with Crippen molar-refractivity contribution in [2.75, 3.05) is 0 Å². The Hall–Kier alpha value is -1.01. The molecule has 1 aliphatic carbocycles. The lowest BCUT2D eigenvalue weighted by molar-refractivity contribution is 0.0917. The summed E-state index contributed by atoms with van der Waals surface area (Å²) in [7, 11) is 0. The van der Waals surface area contributed by atoms with Crippen molar-refractivity contribution >= 4 is 34.5 Å². The van der Waals surface area contributed by atoms with Crippen LogP contribution in [0.3, 0.4) is 0 Å². The Balaban J connectivity index is 2.13. The molecule has 0 saturated heterocycles. The second kappa shape index (κ2) is 6.43. The number of amides is 1. The average molecular weight is 297 g/mol. The van der Waals surface area contributed by atoms with E-state index in [1.807, 2.05) is 0 Å². The zero-order valence-electron chi connectivity index (χ0n) is 10.9. The number of thiocarbonyl (C=S) groups is 1. The van der Waals surface area contributed by atoms with E-state index in [4.69, 9.17) is 18.0 Å². The monoisotopic (exact) mass is 297 g/mol. The smallest absolute Gasteiger partial charge is 0.263 e. The Kier molecular flexibility index (Phi) is 4.87. The minimum Gasteiger partial charge on any atom is -0.391 e. The summed E-state index contributed by atoms with van der Waals surface area (Å²) in [6.07, 6.45) is 8.99. The van der Waals surface area contributed by atoms with Crippen molar-refractivity contribution in [2.45, 2.75) is 50.5 Å². The summed E-state index contributed by atoms with van der Waals surface area (Å²) >= 11 is 6.56. The molecule has 0 unspecified atom stereocenters. The van der Waals surface area contributed by atoms with Gasteiger partial charge in [0, 0.05) is 0 Å². The van der Waals surface area contributed by atoms with Gasteiger partial charge in [-0.3, -0.25) is 9.78 Å². The van der Waals surface area contributed by atoms with Crippen molar-refractivity contribution < 1.29 is 4.79 Å². The number of nitrogens with two attached hydrogens (primary N) is 1. The molecule has 4 nitrogen and oxygen atoms in total. The fourth-order valence-electron chi connectivity index (χ4n) is 2.55. The van der Waals surface area contributed by atoms with Gasteiger partial charge in [0.2, 0.25) is 0 Å². The van der Waals surface area contributed by atoms with Gasteiger partial charge in [-0.1, -0.05) is 44.3 Å². The number of carbonyl (C=O) groups is 1. The number of hydrogen-bond donors (Lipinski definition) is 2. The summed E-state index contributed by atoms with van der Waals surface area (Å²) in [5.41, 5.74) is 7.07. The van der Waals surface area contributed by atoms with E-state index in [1.54, 1.807) is 11.7 Å². The minimum absolute atomic E-state index is 0.115. The third kappa shape index (κ3) is 3.51. The van der Waals surface area contributed by atoms with Crippen LogP contribution in [0.5, 0.6) is 0 Å². The minimum atomic E-state index is -0.517. The molecular formula is C13H19N3OS2. The standard InChI is InChI=1S/C13H19N3OS2/c14-12(18)13(6-4-2-1-3-5-7-13)16-11(17)10-8-15-9-19-10/h8-9H,1-7H2,(H2,14,18)(H,16,17). The summed E-state index contributed by atoms with van der Waals surface area (Å²) in [6, 6.07) is 0. The molecule has 0 atom stereocenters. The van der Waals surface area contributed by atoms with Crippen LogP contribution in [0.1, 0.15) is 54.6 Å². The SMILES string of the molecule is NC(=S)C1(NC(=O)c2cncs2)CCCCCCC1. The summed E-state index contributed by atoms with van der Waals surface area (Å²) in [5.74, 6) is -0.115. The quantitative estimate of drug-likeness (QED) is 0.842. The van der Waals surface area contributed by atoms with Crippen LogP contribution in [0, 0.1) is 0 Å². The molecule has 1 amide bonds. The Bertz CT molecular complexity index is 437. The fraction of sp³-hybridized carbons (Fsp3) is 0.615. The van der Waals surface area contributed by atoms with E-state index in [0.717, 1.165) is 25.7 Å². The maximum Gasteiger partial charge on any atom is 0.263 e. The topological polar surface area (TPSA) is 68.0 Å². The number of nitrogens with one attached hydrogen (secondary N) is 1. The van der Waals surface area contributed by atoms with Gasteiger partial charge in [-0.25, -0.2) is 0 Å². The van der Waals surface area contributed by atoms with E-state index in [9.17, 15) is 4.79 Å². The number of rotatable bonds is 3. The van der Waals surface area contributed by atoms with Crippen LogP contribution in [0.25, 0.3) is 0 Å². The molecule has 0 spiro atoms. The number of aromatic nitrogens is 1. The summed E-state index contributed by atoms with van der Waals surface area (Å²) in [4.78, 5) is 17.2. The number of nitrogens with zero attached hydrogens (tertiary/aromatic N) is 1. The largest absolute Gasteiger partial charge is 0.391 e. The first kappa shape index (κ1) is 14.4. The molecule has 1 aromatic rings. The van der Waals surface area contributed by atoms with Gasteiger partial charge in [-0.05, 0) is 12.8 Å². The molecule has 1 aliphatic rings. The third-order valence-corrected chi connectivity index (χ3v) is 4.85. The Labute approximate surface area is 122 Å². The van der Waals surface area contributed by atoms with Crippen LogP contribution >= 0.6 is 23.6 Å². The molecule has 0 aliphatic heterocycles. The van der Waals surface area contributed by atoms with Crippen LogP contribution < -0.4 is 11.1 Å². The fourth-order valence-corrected chi connectivity index (χ4v) is 3.32. The molecule has 3 N–H and O–H groups in total. The molecule has 6 heteroatoms. The normalized spacial score (nSPS) is 19.2. The van der Waals surface area contributed by atoms with Gasteiger partial charge < -0.3 is 11.1 Å². The van der Waals surface area contributed by atoms with Crippen molar-refractivity contribution in [1.29, 1.82) is 0 Å². The van der Waals surface area contributed by atoms with Crippen LogP contribution in [0.4, 0.5) is 0 Å². The number of hydrogen-bond acceptors (Lipinski definition) is 4. The van der Waals surface area contributed by atoms with Gasteiger partial charge in [-0.15, -0.1) is 11.3 Å². The maximum absolute atomic E-state index is 12.2. The lowest BCUT2D eigenvalue weighted by Crippen LogP contribution is -2.56. The van der Waals surface area contributed by atoms with E-state index in [1.165, 1.54) is 30.6 Å². The molecule has 1 fully saturated rings. The first-order valence-corrected chi connectivity index (χ1v) is 7.94. The maximum atomic E-state index is 12.2. The van der Waals surface area contributed by atoms with E-state index in [0.29, 0.717) is 9.87 Å². The highest BCUT2D eigenvalue weighted by Crippen LogP contribution is 2.27. The van der Waals surface area contributed by atoms with Crippen LogP contribution in [-0.2, 0) is 0 Å². The van der Waals surface area contributed by atoms with E-state index in [-0.39, 0.29) is 5.91 Å². The van der Waals surface area contributed by atoms with Crippen molar-refractivity contribution in [1.82, 2.24) is 10.3 Å². The van der Waals surface area contributed by atoms with E-state index < -0.39 is 5.54 Å². The van der Waals surface area contributed by atoms with Gasteiger partial charge >= 0.3 is 0 Å². The highest BCUT2D eigenvalue weighted by atomic mass is 32.1. The van der Waals surface area contributed by atoms with Crippen LogP contribution in [0.15, 0.2) is 11.7 Å². The van der Waals surface area contributed by atoms with Gasteiger partial charge in [0.1, 0.15) is 4.88 Å². The Morgan fingerprint density at radius 2 is 1.95 bits per heavy atom. The average Bonchev–Trinajstić information content (AvgIpc) is 2.86. The summed E-state index contributed by atoms with van der Waals surface area (Å²) in [6.45, 7) is 0. The van der Waals surface area contributed by atoms with Crippen molar-refractivity contribution in [3.05, 3.63) is 16.6 Å². The summed E-state index contributed by atoms with van der Waals surface area (Å²) in [5, 5.41) is 3.07. The van der Waals surface area contributed by atoms with Crippen molar-refractivity contribution in [3.8, 4) is 0 Å². The predicted octanol–water partition coefficient (Wildman–Crippen LogP) is 2.64. The zero-order valence-corrected chi connectivity index (χ0v) is 12.5. The first-order valence-electron chi connectivity index (χ1n) is 6.65.